The maximum atomic E-state index is 11.0. The molecule has 1 aliphatic rings. The maximum absolute atomic E-state index is 11.0. The zero-order valence-electron chi connectivity index (χ0n) is 11.3. The number of rotatable bonds is 8. The van der Waals surface area contributed by atoms with Crippen LogP contribution >= 0.6 is 0 Å². The topological polar surface area (TPSA) is 72.6 Å². The van der Waals surface area contributed by atoms with Gasteiger partial charge in [-0.05, 0) is 38.8 Å². The maximum Gasteiger partial charge on any atom is 0.147 e. The Bertz CT molecular complexity index is 311. The molecule has 0 bridgehead atoms. The predicted octanol–water partition coefficient (Wildman–Crippen LogP) is 0.251. The van der Waals surface area contributed by atoms with E-state index in [2.05, 4.69) is 4.90 Å². The summed E-state index contributed by atoms with van der Waals surface area (Å²) >= 11 is 0. The van der Waals surface area contributed by atoms with E-state index in [1.807, 2.05) is 0 Å². The Kier molecular flexibility index (Phi) is 7.14. The summed E-state index contributed by atoms with van der Waals surface area (Å²) in [5.74, 6) is 0.292. The molecule has 0 unspecified atom stereocenters. The molecule has 18 heavy (non-hydrogen) atoms. The van der Waals surface area contributed by atoms with Gasteiger partial charge in [0.2, 0.25) is 0 Å². The third-order valence-electron chi connectivity index (χ3n) is 3.23. The van der Waals surface area contributed by atoms with Crippen LogP contribution in [0.3, 0.4) is 0 Å². The second kappa shape index (κ2) is 8.09. The standard InChI is InChI=1S/C12H26N2O3S/c1-18(15,16)11-3-7-14-8-4-12(5-9-14)17-10-2-6-13/h12H,2-11,13H2,1H3. The van der Waals surface area contributed by atoms with Gasteiger partial charge in [0.1, 0.15) is 9.84 Å². The van der Waals surface area contributed by atoms with Crippen LogP contribution < -0.4 is 5.73 Å². The van der Waals surface area contributed by atoms with Crippen LogP contribution in [-0.4, -0.2) is 64.2 Å². The SMILES string of the molecule is CS(=O)(=O)CCCN1CCC(OCCCN)CC1. The zero-order valence-corrected chi connectivity index (χ0v) is 12.1. The molecule has 5 nitrogen and oxygen atoms in total. The quantitative estimate of drug-likeness (QED) is 0.644. The Morgan fingerprint density at radius 2 is 1.94 bits per heavy atom. The number of hydrogen-bond acceptors (Lipinski definition) is 5. The van der Waals surface area contributed by atoms with Crippen molar-refractivity contribution in [1.82, 2.24) is 4.90 Å². The van der Waals surface area contributed by atoms with Crippen molar-refractivity contribution in [2.45, 2.75) is 31.8 Å². The monoisotopic (exact) mass is 278 g/mol. The molecule has 1 aliphatic heterocycles. The highest BCUT2D eigenvalue weighted by molar-refractivity contribution is 7.90. The molecule has 0 atom stereocenters. The summed E-state index contributed by atoms with van der Waals surface area (Å²) in [6.45, 7) is 4.34. The molecule has 0 aromatic carbocycles. The molecular formula is C12H26N2O3S. The largest absolute Gasteiger partial charge is 0.378 e. The summed E-state index contributed by atoms with van der Waals surface area (Å²) in [6.07, 6.45) is 5.41. The molecule has 0 radical (unpaired) electrons. The lowest BCUT2D eigenvalue weighted by Gasteiger charge is -2.31. The second-order valence-corrected chi connectivity index (χ2v) is 7.30. The Morgan fingerprint density at radius 1 is 1.28 bits per heavy atom. The number of nitrogens with zero attached hydrogens (tertiary/aromatic N) is 1. The van der Waals surface area contributed by atoms with Gasteiger partial charge < -0.3 is 15.4 Å². The average Bonchev–Trinajstić information content (AvgIpc) is 2.30. The summed E-state index contributed by atoms with van der Waals surface area (Å²) in [5.41, 5.74) is 5.42. The van der Waals surface area contributed by atoms with Crippen molar-refractivity contribution in [1.29, 1.82) is 0 Å². The molecule has 2 N–H and O–H groups in total. The first-order chi connectivity index (χ1) is 8.51. The molecule has 0 amide bonds. The molecule has 0 spiro atoms. The fraction of sp³-hybridized carbons (Fsp3) is 1.00. The zero-order chi connectivity index (χ0) is 13.4. The van der Waals surface area contributed by atoms with Gasteiger partial charge in [-0.1, -0.05) is 0 Å². The fourth-order valence-electron chi connectivity index (χ4n) is 2.18. The number of likely N-dealkylation sites (tertiary alicyclic amines) is 1. The van der Waals surface area contributed by atoms with E-state index in [0.29, 0.717) is 18.4 Å². The van der Waals surface area contributed by atoms with Crippen LogP contribution in [-0.2, 0) is 14.6 Å². The number of ether oxygens (including phenoxy) is 1. The van der Waals surface area contributed by atoms with E-state index in [-0.39, 0.29) is 0 Å². The van der Waals surface area contributed by atoms with Crippen molar-refractivity contribution >= 4 is 9.84 Å². The summed E-state index contributed by atoms with van der Waals surface area (Å²) in [5, 5.41) is 0. The van der Waals surface area contributed by atoms with E-state index in [1.54, 1.807) is 0 Å². The lowest BCUT2D eigenvalue weighted by Crippen LogP contribution is -2.38. The van der Waals surface area contributed by atoms with Crippen molar-refractivity contribution < 1.29 is 13.2 Å². The molecular weight excluding hydrogens is 252 g/mol. The summed E-state index contributed by atoms with van der Waals surface area (Å²) in [4.78, 5) is 2.33. The molecule has 1 rings (SSSR count). The van der Waals surface area contributed by atoms with Gasteiger partial charge in [0.25, 0.3) is 0 Å². The van der Waals surface area contributed by atoms with Crippen molar-refractivity contribution in [2.75, 3.05) is 44.8 Å². The molecule has 0 aromatic heterocycles. The number of hydrogen-bond donors (Lipinski definition) is 1. The normalized spacial score (nSPS) is 19.2. The molecule has 0 saturated carbocycles. The van der Waals surface area contributed by atoms with Gasteiger partial charge in [-0.3, -0.25) is 0 Å². The van der Waals surface area contributed by atoms with Crippen molar-refractivity contribution in [3.8, 4) is 0 Å². The molecule has 6 heteroatoms. The van der Waals surface area contributed by atoms with Crippen LogP contribution in [0.1, 0.15) is 25.7 Å². The minimum absolute atomic E-state index is 0.292. The molecule has 0 aromatic rings. The molecule has 0 aliphatic carbocycles. The average molecular weight is 278 g/mol. The molecule has 108 valence electrons. The first-order valence-electron chi connectivity index (χ1n) is 6.73. The Labute approximate surface area is 111 Å². The minimum Gasteiger partial charge on any atom is -0.378 e. The smallest absolute Gasteiger partial charge is 0.147 e. The Morgan fingerprint density at radius 3 is 2.50 bits per heavy atom. The van der Waals surface area contributed by atoms with Crippen LogP contribution in [0.15, 0.2) is 0 Å². The van der Waals surface area contributed by atoms with Gasteiger partial charge >= 0.3 is 0 Å². The second-order valence-electron chi connectivity index (χ2n) is 5.04. The number of nitrogens with two attached hydrogens (primary N) is 1. The highest BCUT2D eigenvalue weighted by Crippen LogP contribution is 2.14. The molecule has 1 fully saturated rings. The van der Waals surface area contributed by atoms with Gasteiger partial charge in [0, 0.05) is 26.0 Å². The van der Waals surface area contributed by atoms with Crippen molar-refractivity contribution in [2.24, 2.45) is 5.73 Å². The van der Waals surface area contributed by atoms with E-state index in [1.165, 1.54) is 6.26 Å². The van der Waals surface area contributed by atoms with E-state index >= 15 is 0 Å². The van der Waals surface area contributed by atoms with Crippen molar-refractivity contribution in [3.63, 3.8) is 0 Å². The van der Waals surface area contributed by atoms with Crippen LogP contribution in [0.4, 0.5) is 0 Å². The number of sulfone groups is 1. The van der Waals surface area contributed by atoms with Gasteiger partial charge in [0.05, 0.1) is 11.9 Å². The summed E-state index contributed by atoms with van der Waals surface area (Å²) < 4.78 is 27.8. The van der Waals surface area contributed by atoms with Gasteiger partial charge in [0.15, 0.2) is 0 Å². The van der Waals surface area contributed by atoms with Crippen LogP contribution in [0.25, 0.3) is 0 Å². The summed E-state index contributed by atoms with van der Waals surface area (Å²) in [6, 6.07) is 0. The Balaban J connectivity index is 2.08. The van der Waals surface area contributed by atoms with Crippen LogP contribution in [0.2, 0.25) is 0 Å². The first kappa shape index (κ1) is 15.9. The van der Waals surface area contributed by atoms with E-state index in [0.717, 1.165) is 51.9 Å². The summed E-state index contributed by atoms with van der Waals surface area (Å²) in [7, 11) is -2.81. The first-order valence-corrected chi connectivity index (χ1v) is 8.79. The predicted molar refractivity (Wildman–Crippen MR) is 73.4 cm³/mol. The van der Waals surface area contributed by atoms with Gasteiger partial charge in [-0.15, -0.1) is 0 Å². The number of piperidine rings is 1. The molecule has 1 saturated heterocycles. The molecule has 1 heterocycles. The third kappa shape index (κ3) is 7.31. The van der Waals surface area contributed by atoms with E-state index in [9.17, 15) is 8.42 Å². The fourth-order valence-corrected chi connectivity index (χ4v) is 2.84. The van der Waals surface area contributed by atoms with Crippen LogP contribution in [0, 0.1) is 0 Å². The van der Waals surface area contributed by atoms with Crippen LogP contribution in [0.5, 0.6) is 0 Å². The highest BCUT2D eigenvalue weighted by atomic mass is 32.2. The van der Waals surface area contributed by atoms with Crippen molar-refractivity contribution in [3.05, 3.63) is 0 Å². The highest BCUT2D eigenvalue weighted by Gasteiger charge is 2.19. The third-order valence-corrected chi connectivity index (χ3v) is 4.26. The van der Waals surface area contributed by atoms with E-state index in [4.69, 9.17) is 10.5 Å². The van der Waals surface area contributed by atoms with E-state index < -0.39 is 9.84 Å². The van der Waals surface area contributed by atoms with Gasteiger partial charge in [-0.25, -0.2) is 8.42 Å². The lowest BCUT2D eigenvalue weighted by atomic mass is 10.1. The lowest BCUT2D eigenvalue weighted by molar-refractivity contribution is 0.00737. The van der Waals surface area contributed by atoms with Gasteiger partial charge in [-0.2, -0.15) is 0 Å². The minimum atomic E-state index is -2.81. The Hall–Kier alpha value is -0.170.